The van der Waals surface area contributed by atoms with Crippen molar-refractivity contribution in [1.82, 2.24) is 24.7 Å². The van der Waals surface area contributed by atoms with E-state index in [-0.39, 0.29) is 48.7 Å². The van der Waals surface area contributed by atoms with Gasteiger partial charge in [0.05, 0.1) is 37.9 Å². The number of halogens is 2. The number of nitrogens with zero attached hydrogens (tertiary/aromatic N) is 5. The van der Waals surface area contributed by atoms with Crippen molar-refractivity contribution in [1.29, 1.82) is 0 Å². The molecule has 1 saturated carbocycles. The van der Waals surface area contributed by atoms with Crippen LogP contribution in [0, 0.1) is 5.41 Å². The van der Waals surface area contributed by atoms with E-state index in [4.69, 9.17) is 24.2 Å². The van der Waals surface area contributed by atoms with Crippen molar-refractivity contribution in [3.05, 3.63) is 83.2 Å². The van der Waals surface area contributed by atoms with Crippen molar-refractivity contribution >= 4 is 30.7 Å². The first kappa shape index (κ1) is 35.4. The van der Waals surface area contributed by atoms with Gasteiger partial charge in [-0.05, 0) is 37.8 Å². The summed E-state index contributed by atoms with van der Waals surface area (Å²) in [6, 6.07) is 22.1. The number of methoxy groups -OCH3 is 1. The molecule has 1 aliphatic carbocycles. The van der Waals surface area contributed by atoms with Crippen molar-refractivity contribution in [2.45, 2.75) is 57.2 Å². The number of fused-ring (bicyclic) bond motifs is 1. The molecular weight excluding hydrogens is 637 g/mol. The summed E-state index contributed by atoms with van der Waals surface area (Å²) in [6.07, 6.45) is 2.22. The normalized spacial score (nSPS) is 22.3. The highest BCUT2D eigenvalue weighted by molar-refractivity contribution is 5.85. The van der Waals surface area contributed by atoms with Crippen molar-refractivity contribution in [3.8, 4) is 11.8 Å². The third-order valence-corrected chi connectivity index (χ3v) is 9.96. The van der Waals surface area contributed by atoms with Gasteiger partial charge in [0, 0.05) is 63.2 Å². The van der Waals surface area contributed by atoms with Crippen LogP contribution >= 0.6 is 24.8 Å². The molecule has 2 unspecified atom stereocenters. The number of benzene rings is 2. The van der Waals surface area contributed by atoms with Crippen molar-refractivity contribution in [2.75, 3.05) is 59.7 Å². The quantitative estimate of drug-likeness (QED) is 0.290. The van der Waals surface area contributed by atoms with Gasteiger partial charge in [-0.1, -0.05) is 60.7 Å². The lowest BCUT2D eigenvalue weighted by Crippen LogP contribution is -2.68. The maximum atomic E-state index is 13.7. The van der Waals surface area contributed by atoms with Crippen LogP contribution in [0.4, 0.5) is 0 Å². The number of carbonyl (C=O) groups is 1. The molecule has 0 radical (unpaired) electrons. The lowest BCUT2D eigenvalue weighted by atomic mass is 9.81. The number of ether oxygens (including phenoxy) is 3. The lowest BCUT2D eigenvalue weighted by Gasteiger charge is -2.54. The predicted molar refractivity (Wildman–Crippen MR) is 186 cm³/mol. The van der Waals surface area contributed by atoms with E-state index in [1.54, 1.807) is 7.11 Å². The van der Waals surface area contributed by atoms with Gasteiger partial charge in [0.15, 0.2) is 0 Å². The molecule has 0 N–H and O–H groups in total. The number of carbonyl (C=O) groups excluding carboxylic acids is 1. The first-order valence-corrected chi connectivity index (χ1v) is 16.5. The summed E-state index contributed by atoms with van der Waals surface area (Å²) < 4.78 is 17.5. The maximum absolute atomic E-state index is 13.7. The molecule has 7 rings (SSSR count). The summed E-state index contributed by atoms with van der Waals surface area (Å²) in [5, 5.41) is 0. The minimum atomic E-state index is -0.410. The highest BCUT2D eigenvalue weighted by Crippen LogP contribution is 2.42. The second kappa shape index (κ2) is 15.1. The number of hydrogen-bond donors (Lipinski definition) is 0. The van der Waals surface area contributed by atoms with Crippen LogP contribution in [-0.4, -0.2) is 102 Å². The number of aromatic nitrogens is 2. The van der Waals surface area contributed by atoms with E-state index in [1.165, 1.54) is 11.1 Å². The lowest BCUT2D eigenvalue weighted by molar-refractivity contribution is -0.173. The zero-order chi connectivity index (χ0) is 31.0. The number of amides is 1. The van der Waals surface area contributed by atoms with Crippen LogP contribution in [0.15, 0.2) is 60.7 Å². The fourth-order valence-electron chi connectivity index (χ4n) is 7.46. The van der Waals surface area contributed by atoms with Crippen LogP contribution in [0.3, 0.4) is 0 Å². The largest absolute Gasteiger partial charge is 0.481 e. The van der Waals surface area contributed by atoms with Gasteiger partial charge < -0.3 is 19.1 Å². The molecule has 0 bridgehead atoms. The summed E-state index contributed by atoms with van der Waals surface area (Å²) in [5.41, 5.74) is 3.09. The van der Waals surface area contributed by atoms with Crippen molar-refractivity contribution < 1.29 is 19.0 Å². The number of hydrogen-bond acceptors (Lipinski definition) is 8. The monoisotopic (exact) mass is 683 g/mol. The Morgan fingerprint density at radius 2 is 1.57 bits per heavy atom. The standard InChI is InChI=1S/C36H45N5O4.2ClH/c1-4-45-34-29(33(43-3)37-32(38-34)27-15-16-27)21-39-19-28-20-40(35(42)36(2)23-44-24-36)17-18-41(28)30(22-39)31(25-11-7-5-8-12-25)26-13-9-6-10-14-26;;/h5-14,27-28,30-31H,4,15-24H2,1-3H3;2*1H. The molecule has 4 aliphatic rings. The zero-order valence-corrected chi connectivity index (χ0v) is 29.2. The topological polar surface area (TPSA) is 80.3 Å². The van der Waals surface area contributed by atoms with E-state index in [1.807, 2.05) is 13.8 Å². The molecular formula is C36H47Cl2N5O4. The number of rotatable bonds is 10. The fraction of sp³-hybridized carbons (Fsp3) is 0.528. The first-order chi connectivity index (χ1) is 22.0. The molecule has 9 nitrogen and oxygen atoms in total. The molecule has 254 valence electrons. The average Bonchev–Trinajstić information content (AvgIpc) is 3.91. The van der Waals surface area contributed by atoms with Gasteiger partial charge in [0.25, 0.3) is 0 Å². The second-order valence-electron chi connectivity index (χ2n) is 13.3. The summed E-state index contributed by atoms with van der Waals surface area (Å²) in [5.74, 6) is 2.84. The third kappa shape index (κ3) is 7.25. The summed E-state index contributed by atoms with van der Waals surface area (Å²) >= 11 is 0. The Hall–Kier alpha value is -2.95. The minimum Gasteiger partial charge on any atom is -0.481 e. The molecule has 3 aliphatic heterocycles. The van der Waals surface area contributed by atoms with Crippen molar-refractivity contribution in [3.63, 3.8) is 0 Å². The van der Waals surface area contributed by atoms with E-state index >= 15 is 0 Å². The molecule has 4 heterocycles. The second-order valence-corrected chi connectivity index (χ2v) is 13.3. The van der Waals surface area contributed by atoms with Crippen LogP contribution in [0.25, 0.3) is 0 Å². The van der Waals surface area contributed by atoms with Gasteiger partial charge in [-0.2, -0.15) is 9.97 Å². The molecule has 1 aromatic heterocycles. The molecule has 2 aromatic carbocycles. The summed E-state index contributed by atoms with van der Waals surface area (Å²) in [7, 11) is 1.69. The van der Waals surface area contributed by atoms with Crippen LogP contribution in [0.5, 0.6) is 11.8 Å². The molecule has 3 aromatic rings. The van der Waals surface area contributed by atoms with Gasteiger partial charge in [-0.3, -0.25) is 14.6 Å². The SMILES string of the molecule is CCOc1nc(C2CC2)nc(OC)c1CN1CC2CN(C(=O)C3(C)COC3)CCN2C(C(c2ccccc2)c2ccccc2)C1.Cl.Cl. The molecule has 4 fully saturated rings. The Kier molecular flexibility index (Phi) is 11.3. The Morgan fingerprint density at radius 3 is 2.13 bits per heavy atom. The predicted octanol–water partition coefficient (Wildman–Crippen LogP) is 5.17. The van der Waals surface area contributed by atoms with Crippen LogP contribution in [-0.2, 0) is 16.1 Å². The Bertz CT molecular complexity index is 1450. The fourth-order valence-corrected chi connectivity index (χ4v) is 7.46. The Balaban J connectivity index is 0.00000217. The summed E-state index contributed by atoms with van der Waals surface area (Å²) in [4.78, 5) is 30.7. The first-order valence-electron chi connectivity index (χ1n) is 16.5. The minimum absolute atomic E-state index is 0. The third-order valence-electron chi connectivity index (χ3n) is 9.96. The van der Waals surface area contributed by atoms with Crippen molar-refractivity contribution in [2.24, 2.45) is 5.41 Å². The zero-order valence-electron chi connectivity index (χ0n) is 27.5. The average molecular weight is 685 g/mol. The highest BCUT2D eigenvalue weighted by Gasteiger charge is 2.48. The van der Waals surface area contributed by atoms with Crippen LogP contribution < -0.4 is 9.47 Å². The van der Waals surface area contributed by atoms with Gasteiger partial charge in [-0.25, -0.2) is 0 Å². The van der Waals surface area contributed by atoms with Crippen LogP contribution in [0.2, 0.25) is 0 Å². The Morgan fingerprint density at radius 1 is 0.936 bits per heavy atom. The van der Waals surface area contributed by atoms with Crippen LogP contribution in [0.1, 0.15) is 61.0 Å². The van der Waals surface area contributed by atoms with E-state index in [9.17, 15) is 4.79 Å². The van der Waals surface area contributed by atoms with Gasteiger partial charge >= 0.3 is 0 Å². The molecule has 0 spiro atoms. The van der Waals surface area contributed by atoms with E-state index in [2.05, 4.69) is 75.4 Å². The van der Waals surface area contributed by atoms with Gasteiger partial charge in [0.2, 0.25) is 17.7 Å². The van der Waals surface area contributed by atoms with E-state index in [0.717, 1.165) is 50.4 Å². The van der Waals surface area contributed by atoms with E-state index < -0.39 is 5.41 Å². The molecule has 1 amide bonds. The molecule has 2 atom stereocenters. The maximum Gasteiger partial charge on any atom is 0.233 e. The van der Waals surface area contributed by atoms with E-state index in [0.29, 0.717) is 50.6 Å². The summed E-state index contributed by atoms with van der Waals surface area (Å²) in [6.45, 7) is 10.1. The molecule has 11 heteroatoms. The van der Waals surface area contributed by atoms with Gasteiger partial charge in [0.1, 0.15) is 5.82 Å². The molecule has 47 heavy (non-hydrogen) atoms. The highest BCUT2D eigenvalue weighted by atomic mass is 35.5. The van der Waals surface area contributed by atoms with Gasteiger partial charge in [-0.15, -0.1) is 24.8 Å². The smallest absolute Gasteiger partial charge is 0.233 e. The molecule has 3 saturated heterocycles. The Labute approximate surface area is 290 Å². The number of piperazine rings is 2.